The second-order valence-electron chi connectivity index (χ2n) is 8.44. The summed E-state index contributed by atoms with van der Waals surface area (Å²) >= 11 is 12.0. The van der Waals surface area contributed by atoms with Gasteiger partial charge in [0.05, 0.1) is 23.4 Å². The molecule has 1 heterocycles. The van der Waals surface area contributed by atoms with Gasteiger partial charge in [-0.05, 0) is 62.2 Å². The molecule has 0 bridgehead atoms. The molecule has 0 spiro atoms. The van der Waals surface area contributed by atoms with Crippen LogP contribution in [0, 0.1) is 0 Å². The van der Waals surface area contributed by atoms with Gasteiger partial charge in [0.1, 0.15) is 18.4 Å². The van der Waals surface area contributed by atoms with E-state index in [0.29, 0.717) is 18.8 Å². The highest BCUT2D eigenvalue weighted by Gasteiger charge is 2.29. The molecule has 1 atom stereocenters. The van der Waals surface area contributed by atoms with E-state index in [1.807, 2.05) is 0 Å². The molecular weight excluding hydrogens is 549 g/mol. The summed E-state index contributed by atoms with van der Waals surface area (Å²) in [5.41, 5.74) is 0.175. The predicted molar refractivity (Wildman–Crippen MR) is 141 cm³/mol. The van der Waals surface area contributed by atoms with Crippen molar-refractivity contribution in [3.8, 4) is 5.75 Å². The van der Waals surface area contributed by atoms with Crippen molar-refractivity contribution in [3.63, 3.8) is 0 Å². The molecule has 9 nitrogen and oxygen atoms in total. The highest BCUT2D eigenvalue weighted by molar-refractivity contribution is 7.92. The van der Waals surface area contributed by atoms with Gasteiger partial charge in [-0.1, -0.05) is 29.6 Å². The van der Waals surface area contributed by atoms with Gasteiger partial charge in [-0.15, -0.1) is 0 Å². The third-order valence-corrected chi connectivity index (χ3v) is 9.23. The first-order valence-electron chi connectivity index (χ1n) is 11.4. The number of nitrogens with one attached hydrogen (secondary N) is 1. The van der Waals surface area contributed by atoms with Crippen molar-refractivity contribution in [2.75, 3.05) is 36.8 Å². The molecule has 0 aliphatic carbocycles. The van der Waals surface area contributed by atoms with Gasteiger partial charge in [-0.25, -0.2) is 16.8 Å². The number of carbonyl (C=O) groups excluding carboxylic acids is 1. The molecule has 0 aromatic heterocycles. The van der Waals surface area contributed by atoms with E-state index in [4.69, 9.17) is 27.9 Å². The molecule has 2 aromatic carbocycles. The van der Waals surface area contributed by atoms with Crippen LogP contribution in [0.3, 0.4) is 0 Å². The first-order chi connectivity index (χ1) is 16.9. The topological polar surface area (TPSA) is 113 Å². The largest absolute Gasteiger partial charge is 0.492 e. The Bertz CT molecular complexity index is 1260. The minimum absolute atomic E-state index is 0.0958. The van der Waals surface area contributed by atoms with Crippen LogP contribution in [0.2, 0.25) is 10.0 Å². The van der Waals surface area contributed by atoms with Crippen LogP contribution < -0.4 is 14.4 Å². The fourth-order valence-corrected chi connectivity index (χ4v) is 7.12. The van der Waals surface area contributed by atoms with Crippen LogP contribution in [-0.4, -0.2) is 65.6 Å². The molecule has 1 amide bonds. The third kappa shape index (κ3) is 7.25. The van der Waals surface area contributed by atoms with Crippen molar-refractivity contribution in [1.29, 1.82) is 0 Å². The molecule has 36 heavy (non-hydrogen) atoms. The Morgan fingerprint density at radius 1 is 1.03 bits per heavy atom. The number of benzene rings is 2. The molecule has 1 saturated heterocycles. The van der Waals surface area contributed by atoms with Crippen molar-refractivity contribution in [1.82, 2.24) is 9.62 Å². The van der Waals surface area contributed by atoms with Gasteiger partial charge < -0.3 is 10.1 Å². The zero-order valence-electron chi connectivity index (χ0n) is 20.0. The number of piperidine rings is 1. The third-order valence-electron chi connectivity index (χ3n) is 5.64. The van der Waals surface area contributed by atoms with E-state index in [1.54, 1.807) is 12.1 Å². The Kier molecular flexibility index (Phi) is 9.50. The summed E-state index contributed by atoms with van der Waals surface area (Å²) in [7, 11) is -7.35. The number of hydrogen-bond donors (Lipinski definition) is 1. The van der Waals surface area contributed by atoms with Gasteiger partial charge in [0.25, 0.3) is 0 Å². The van der Waals surface area contributed by atoms with E-state index in [9.17, 15) is 21.6 Å². The van der Waals surface area contributed by atoms with Crippen LogP contribution >= 0.6 is 23.2 Å². The summed E-state index contributed by atoms with van der Waals surface area (Å²) in [6.07, 6.45) is 3.75. The van der Waals surface area contributed by atoms with Crippen LogP contribution in [0.15, 0.2) is 47.4 Å². The van der Waals surface area contributed by atoms with Crippen molar-refractivity contribution in [2.24, 2.45) is 0 Å². The molecule has 1 fully saturated rings. The average Bonchev–Trinajstić information content (AvgIpc) is 2.81. The van der Waals surface area contributed by atoms with Gasteiger partial charge in [-0.3, -0.25) is 9.10 Å². The summed E-state index contributed by atoms with van der Waals surface area (Å²) < 4.78 is 58.3. The number of sulfonamides is 2. The van der Waals surface area contributed by atoms with E-state index in [-0.39, 0.29) is 33.8 Å². The lowest BCUT2D eigenvalue weighted by molar-refractivity contribution is -0.121. The number of amides is 1. The quantitative estimate of drug-likeness (QED) is 0.432. The van der Waals surface area contributed by atoms with Crippen LogP contribution in [0.4, 0.5) is 5.69 Å². The zero-order chi connectivity index (χ0) is 26.5. The standard InChI is InChI=1S/C23H29Cl2N3O6S2/c1-17(28(35(2,30)31)20-15-18(24)14-19(25)16-20)23(29)26-10-13-34-21-6-8-22(9-7-21)36(32,33)27-11-4-3-5-12-27/h6-9,14-17H,3-5,10-13H2,1-2H3,(H,26,29)/t17-/m0/s1. The molecule has 1 aliphatic heterocycles. The van der Waals surface area contributed by atoms with Gasteiger partial charge in [-0.2, -0.15) is 4.31 Å². The van der Waals surface area contributed by atoms with E-state index < -0.39 is 32.0 Å². The first kappa shape index (κ1) is 28.5. The molecule has 13 heteroatoms. The van der Waals surface area contributed by atoms with E-state index in [1.165, 1.54) is 41.6 Å². The first-order valence-corrected chi connectivity index (χ1v) is 15.4. The lowest BCUT2D eigenvalue weighted by Crippen LogP contribution is -2.48. The van der Waals surface area contributed by atoms with Crippen molar-refractivity contribution in [2.45, 2.75) is 37.1 Å². The maximum atomic E-state index is 12.7. The maximum Gasteiger partial charge on any atom is 0.243 e. The minimum Gasteiger partial charge on any atom is -0.492 e. The molecule has 0 radical (unpaired) electrons. The summed E-state index contributed by atoms with van der Waals surface area (Å²) in [6, 6.07) is 9.34. The fourth-order valence-electron chi connectivity index (χ4n) is 3.93. The number of hydrogen-bond acceptors (Lipinski definition) is 6. The lowest BCUT2D eigenvalue weighted by Gasteiger charge is -2.28. The number of carbonyl (C=O) groups is 1. The molecular formula is C23H29Cl2N3O6S2. The molecule has 0 saturated carbocycles. The lowest BCUT2D eigenvalue weighted by atomic mass is 10.2. The Balaban J connectivity index is 1.56. The maximum absolute atomic E-state index is 12.7. The summed E-state index contributed by atoms with van der Waals surface area (Å²) in [5, 5.41) is 3.12. The predicted octanol–water partition coefficient (Wildman–Crippen LogP) is 3.52. The summed E-state index contributed by atoms with van der Waals surface area (Å²) in [6.45, 7) is 2.71. The van der Waals surface area contributed by atoms with Crippen LogP contribution in [0.25, 0.3) is 0 Å². The summed E-state index contributed by atoms with van der Waals surface area (Å²) in [4.78, 5) is 12.9. The molecule has 198 valence electrons. The van der Waals surface area contributed by atoms with Gasteiger partial charge in [0.15, 0.2) is 0 Å². The van der Waals surface area contributed by atoms with Gasteiger partial charge >= 0.3 is 0 Å². The number of rotatable bonds is 10. The second kappa shape index (κ2) is 12.0. The molecule has 1 N–H and O–H groups in total. The SMILES string of the molecule is C[C@@H](C(=O)NCCOc1ccc(S(=O)(=O)N2CCCCC2)cc1)N(c1cc(Cl)cc(Cl)c1)S(C)(=O)=O. The number of anilines is 1. The van der Waals surface area contributed by atoms with E-state index in [0.717, 1.165) is 29.8 Å². The monoisotopic (exact) mass is 577 g/mol. The minimum atomic E-state index is -3.82. The van der Waals surface area contributed by atoms with Gasteiger partial charge in [0.2, 0.25) is 26.0 Å². The molecule has 1 aliphatic rings. The Hall–Kier alpha value is -2.05. The highest BCUT2D eigenvalue weighted by Crippen LogP contribution is 2.28. The molecule has 0 unspecified atom stereocenters. The van der Waals surface area contributed by atoms with E-state index in [2.05, 4.69) is 5.32 Å². The number of nitrogens with zero attached hydrogens (tertiary/aromatic N) is 2. The normalized spacial score (nSPS) is 15.8. The smallest absolute Gasteiger partial charge is 0.243 e. The zero-order valence-corrected chi connectivity index (χ0v) is 23.1. The van der Waals surface area contributed by atoms with Crippen LogP contribution in [-0.2, 0) is 24.8 Å². The van der Waals surface area contributed by atoms with Crippen LogP contribution in [0.5, 0.6) is 5.75 Å². The van der Waals surface area contributed by atoms with Crippen molar-refractivity contribution in [3.05, 3.63) is 52.5 Å². The average molecular weight is 579 g/mol. The van der Waals surface area contributed by atoms with Crippen molar-refractivity contribution < 1.29 is 26.4 Å². The number of halogens is 2. The van der Waals surface area contributed by atoms with E-state index >= 15 is 0 Å². The second-order valence-corrected chi connectivity index (χ2v) is 13.1. The molecule has 2 aromatic rings. The summed E-state index contributed by atoms with van der Waals surface area (Å²) in [5.74, 6) is -0.0932. The Morgan fingerprint density at radius 3 is 2.17 bits per heavy atom. The Labute approximate surface area is 222 Å². The van der Waals surface area contributed by atoms with Crippen molar-refractivity contribution >= 4 is 54.8 Å². The van der Waals surface area contributed by atoms with Crippen LogP contribution in [0.1, 0.15) is 26.2 Å². The number of ether oxygens (including phenoxy) is 1. The van der Waals surface area contributed by atoms with Gasteiger partial charge in [0, 0.05) is 23.1 Å². The fraction of sp³-hybridized carbons (Fsp3) is 0.435. The highest BCUT2D eigenvalue weighted by atomic mass is 35.5. The molecule has 3 rings (SSSR count). The Morgan fingerprint density at radius 2 is 1.61 bits per heavy atom.